The molecule has 3 unspecified atom stereocenters. The van der Waals surface area contributed by atoms with Crippen molar-refractivity contribution in [2.45, 2.75) is 52.0 Å². The highest BCUT2D eigenvalue weighted by Gasteiger charge is 2.26. The van der Waals surface area contributed by atoms with Gasteiger partial charge in [0.25, 0.3) is 0 Å². The number of rotatable bonds is 8. The predicted molar refractivity (Wildman–Crippen MR) is 85.5 cm³/mol. The van der Waals surface area contributed by atoms with Gasteiger partial charge in [-0.1, -0.05) is 56.2 Å². The zero-order valence-corrected chi connectivity index (χ0v) is 12.9. The van der Waals surface area contributed by atoms with Gasteiger partial charge in [-0.25, -0.2) is 0 Å². The largest absolute Gasteiger partial charge is 0.316 e. The topological polar surface area (TPSA) is 12.0 Å². The smallest absolute Gasteiger partial charge is 0.0138 e. The van der Waals surface area contributed by atoms with Crippen molar-refractivity contribution >= 4 is 0 Å². The summed E-state index contributed by atoms with van der Waals surface area (Å²) in [6, 6.07) is 11.4. The van der Waals surface area contributed by atoms with Gasteiger partial charge in [0, 0.05) is 12.0 Å². The highest BCUT2D eigenvalue weighted by Crippen LogP contribution is 2.32. The van der Waals surface area contributed by atoms with Crippen LogP contribution < -0.4 is 5.32 Å². The van der Waals surface area contributed by atoms with Crippen LogP contribution in [0.5, 0.6) is 0 Å². The van der Waals surface area contributed by atoms with Crippen molar-refractivity contribution < 1.29 is 0 Å². The molecule has 0 fully saturated rings. The quantitative estimate of drug-likeness (QED) is 0.664. The molecule has 106 valence electrons. The molecule has 3 atom stereocenters. The Morgan fingerprint density at radius 1 is 1.26 bits per heavy atom. The monoisotopic (exact) mass is 259 g/mol. The van der Waals surface area contributed by atoms with Crippen LogP contribution in [0.3, 0.4) is 0 Å². The van der Waals surface area contributed by atoms with Gasteiger partial charge < -0.3 is 5.32 Å². The molecule has 0 amide bonds. The molecule has 0 heterocycles. The number of benzene rings is 1. The van der Waals surface area contributed by atoms with Gasteiger partial charge in [-0.05, 0) is 38.3 Å². The van der Waals surface area contributed by atoms with Crippen molar-refractivity contribution in [1.82, 2.24) is 5.32 Å². The lowest BCUT2D eigenvalue weighted by molar-refractivity contribution is 0.334. The molecule has 1 N–H and O–H groups in total. The van der Waals surface area contributed by atoms with Crippen LogP contribution in [0.4, 0.5) is 0 Å². The summed E-state index contributed by atoms with van der Waals surface area (Å²) in [6.07, 6.45) is 3.48. The minimum absolute atomic E-state index is 0.522. The molecule has 0 radical (unpaired) electrons. The van der Waals surface area contributed by atoms with Gasteiger partial charge in [0.15, 0.2) is 0 Å². The maximum atomic E-state index is 4.03. The van der Waals surface area contributed by atoms with Crippen LogP contribution in [0.1, 0.15) is 51.5 Å². The van der Waals surface area contributed by atoms with E-state index in [0.717, 1.165) is 12.8 Å². The van der Waals surface area contributed by atoms with Gasteiger partial charge in [-0.3, -0.25) is 0 Å². The molecule has 1 aromatic rings. The van der Waals surface area contributed by atoms with Crippen LogP contribution >= 0.6 is 0 Å². The van der Waals surface area contributed by atoms with Gasteiger partial charge in [0.1, 0.15) is 0 Å². The molecule has 0 aromatic heterocycles. The standard InChI is InChI=1S/C18H29N/c1-6-15(4)18(16-10-8-7-9-11-16)17(19-5)13-12-14(2)3/h7-11,15,17-19H,2,6,12-13H2,1,3-5H3. The second-order valence-electron chi connectivity index (χ2n) is 5.71. The molecule has 1 nitrogen and oxygen atoms in total. The van der Waals surface area contributed by atoms with Crippen molar-refractivity contribution in [2.24, 2.45) is 5.92 Å². The number of likely N-dealkylation sites (N-methyl/N-ethyl adjacent to an activating group) is 1. The van der Waals surface area contributed by atoms with E-state index in [1.54, 1.807) is 0 Å². The summed E-state index contributed by atoms with van der Waals surface area (Å²) in [6.45, 7) is 10.8. The van der Waals surface area contributed by atoms with Crippen molar-refractivity contribution in [1.29, 1.82) is 0 Å². The molecule has 0 aliphatic carbocycles. The van der Waals surface area contributed by atoms with Gasteiger partial charge >= 0.3 is 0 Å². The van der Waals surface area contributed by atoms with Crippen LogP contribution in [0.2, 0.25) is 0 Å². The highest BCUT2D eigenvalue weighted by molar-refractivity contribution is 5.22. The van der Waals surface area contributed by atoms with Crippen LogP contribution in [0.25, 0.3) is 0 Å². The number of allylic oxidation sites excluding steroid dienone is 1. The number of hydrogen-bond acceptors (Lipinski definition) is 1. The van der Waals surface area contributed by atoms with E-state index in [9.17, 15) is 0 Å². The third kappa shape index (κ3) is 4.83. The van der Waals surface area contributed by atoms with Crippen molar-refractivity contribution in [3.63, 3.8) is 0 Å². The molecular weight excluding hydrogens is 230 g/mol. The SMILES string of the molecule is C=C(C)CCC(NC)C(c1ccccc1)C(C)CC. The molecular formula is C18H29N. The molecule has 0 saturated heterocycles. The zero-order valence-electron chi connectivity index (χ0n) is 12.9. The maximum Gasteiger partial charge on any atom is 0.0138 e. The number of hydrogen-bond donors (Lipinski definition) is 1. The van der Waals surface area contributed by atoms with Crippen molar-refractivity contribution in [2.75, 3.05) is 7.05 Å². The van der Waals surface area contributed by atoms with E-state index in [1.807, 2.05) is 0 Å². The van der Waals surface area contributed by atoms with Crippen molar-refractivity contribution in [3.05, 3.63) is 48.0 Å². The molecule has 1 aromatic carbocycles. The summed E-state index contributed by atoms with van der Waals surface area (Å²) in [7, 11) is 2.08. The fourth-order valence-electron chi connectivity index (χ4n) is 2.79. The molecule has 0 spiro atoms. The Morgan fingerprint density at radius 3 is 2.37 bits per heavy atom. The second kappa shape index (κ2) is 8.16. The van der Waals surface area contributed by atoms with Crippen LogP contribution in [-0.4, -0.2) is 13.1 Å². The molecule has 19 heavy (non-hydrogen) atoms. The first kappa shape index (κ1) is 16.0. The van der Waals surface area contributed by atoms with Gasteiger partial charge in [-0.15, -0.1) is 6.58 Å². The Bertz CT molecular complexity index is 369. The Labute approximate surface area is 119 Å². The second-order valence-corrected chi connectivity index (χ2v) is 5.71. The molecule has 0 aliphatic heterocycles. The van der Waals surface area contributed by atoms with Crippen LogP contribution in [-0.2, 0) is 0 Å². The lowest BCUT2D eigenvalue weighted by atomic mass is 9.78. The predicted octanol–water partition coefficient (Wildman–Crippen LogP) is 4.76. The Balaban J connectivity index is 2.91. The molecule has 0 saturated carbocycles. The lowest BCUT2D eigenvalue weighted by Crippen LogP contribution is -2.35. The Kier molecular flexibility index (Phi) is 6.86. The summed E-state index contributed by atoms with van der Waals surface area (Å²) in [5.74, 6) is 1.26. The zero-order chi connectivity index (χ0) is 14.3. The highest BCUT2D eigenvalue weighted by atomic mass is 14.9. The fraction of sp³-hybridized carbons (Fsp3) is 0.556. The van der Waals surface area contributed by atoms with Gasteiger partial charge in [0.05, 0.1) is 0 Å². The van der Waals surface area contributed by atoms with Crippen LogP contribution in [0.15, 0.2) is 42.5 Å². The summed E-state index contributed by atoms with van der Waals surface area (Å²) in [4.78, 5) is 0. The minimum atomic E-state index is 0.522. The third-order valence-corrected chi connectivity index (χ3v) is 4.13. The normalized spacial score (nSPS) is 15.8. The Morgan fingerprint density at radius 2 is 1.89 bits per heavy atom. The van der Waals surface area contributed by atoms with E-state index in [2.05, 4.69) is 70.0 Å². The summed E-state index contributed by atoms with van der Waals surface area (Å²) < 4.78 is 0. The first-order valence-electron chi connectivity index (χ1n) is 7.46. The van der Waals surface area contributed by atoms with E-state index < -0.39 is 0 Å². The minimum Gasteiger partial charge on any atom is -0.316 e. The van der Waals surface area contributed by atoms with E-state index in [4.69, 9.17) is 0 Å². The van der Waals surface area contributed by atoms with Gasteiger partial charge in [0.2, 0.25) is 0 Å². The molecule has 0 aliphatic rings. The maximum absolute atomic E-state index is 4.03. The lowest BCUT2D eigenvalue weighted by Gasteiger charge is -2.32. The van der Waals surface area contributed by atoms with E-state index in [0.29, 0.717) is 17.9 Å². The average Bonchev–Trinajstić information content (AvgIpc) is 2.43. The fourth-order valence-corrected chi connectivity index (χ4v) is 2.79. The molecule has 0 bridgehead atoms. The number of nitrogens with one attached hydrogen (secondary N) is 1. The molecule has 1 heteroatoms. The van der Waals surface area contributed by atoms with E-state index in [1.165, 1.54) is 17.6 Å². The summed E-state index contributed by atoms with van der Waals surface area (Å²) >= 11 is 0. The summed E-state index contributed by atoms with van der Waals surface area (Å²) in [5.41, 5.74) is 2.73. The first-order valence-corrected chi connectivity index (χ1v) is 7.46. The summed E-state index contributed by atoms with van der Waals surface area (Å²) in [5, 5.41) is 3.53. The average molecular weight is 259 g/mol. The van der Waals surface area contributed by atoms with E-state index in [-0.39, 0.29) is 0 Å². The first-order chi connectivity index (χ1) is 9.10. The van der Waals surface area contributed by atoms with Crippen molar-refractivity contribution in [3.8, 4) is 0 Å². The Hall–Kier alpha value is -1.08. The van der Waals surface area contributed by atoms with Gasteiger partial charge in [-0.2, -0.15) is 0 Å². The van der Waals surface area contributed by atoms with Crippen LogP contribution in [0, 0.1) is 5.92 Å². The molecule has 1 rings (SSSR count). The van der Waals surface area contributed by atoms with E-state index >= 15 is 0 Å². The third-order valence-electron chi connectivity index (χ3n) is 4.13.